The third kappa shape index (κ3) is 3.42. The molecule has 1 aliphatic rings. The molecule has 0 spiro atoms. The van der Waals surface area contributed by atoms with E-state index in [1.54, 1.807) is 53.3 Å². The van der Waals surface area contributed by atoms with Gasteiger partial charge in [0.15, 0.2) is 5.82 Å². The molecule has 0 saturated heterocycles. The third-order valence-corrected chi connectivity index (χ3v) is 5.65. The van der Waals surface area contributed by atoms with E-state index in [1.807, 2.05) is 6.92 Å². The highest BCUT2D eigenvalue weighted by Gasteiger charge is 2.38. The van der Waals surface area contributed by atoms with Gasteiger partial charge in [-0.15, -0.1) is 0 Å². The van der Waals surface area contributed by atoms with Gasteiger partial charge in [-0.25, -0.2) is 9.97 Å². The summed E-state index contributed by atoms with van der Waals surface area (Å²) in [7, 11) is 1.77. The van der Waals surface area contributed by atoms with Gasteiger partial charge in [-0.3, -0.25) is 9.36 Å². The first kappa shape index (κ1) is 20.6. The smallest absolute Gasteiger partial charge is 0.249 e. The van der Waals surface area contributed by atoms with Gasteiger partial charge in [-0.2, -0.15) is 4.98 Å². The fourth-order valence-electron chi connectivity index (χ4n) is 3.85. The SMILES string of the molecule is CC[C@@H]1C(=O)N(C)c2cnc(-n3ccnc3-c3cc(Cl)cc(Cl)c3)nc2N1C(C)C. The molecular weight excluding hydrogens is 423 g/mol. The summed E-state index contributed by atoms with van der Waals surface area (Å²) in [6.45, 7) is 6.13. The lowest BCUT2D eigenvalue weighted by Crippen LogP contribution is -2.55. The summed E-state index contributed by atoms with van der Waals surface area (Å²) in [6, 6.07) is 5.10. The summed E-state index contributed by atoms with van der Waals surface area (Å²) in [5.41, 5.74) is 1.45. The van der Waals surface area contributed by atoms with Gasteiger partial charge in [-0.1, -0.05) is 30.1 Å². The molecule has 0 radical (unpaired) electrons. The molecule has 1 aromatic carbocycles. The molecule has 0 saturated carbocycles. The molecule has 9 heteroatoms. The van der Waals surface area contributed by atoms with E-state index in [4.69, 9.17) is 28.2 Å². The largest absolute Gasteiger partial charge is 0.340 e. The first-order valence-electron chi connectivity index (χ1n) is 9.75. The fourth-order valence-corrected chi connectivity index (χ4v) is 4.37. The van der Waals surface area contributed by atoms with Crippen molar-refractivity contribution in [3.8, 4) is 17.3 Å². The molecule has 3 heterocycles. The zero-order valence-corrected chi connectivity index (χ0v) is 18.7. The normalized spacial score (nSPS) is 16.4. The molecular formula is C21H22Cl2N6O. The first-order chi connectivity index (χ1) is 14.3. The van der Waals surface area contributed by atoms with Crippen molar-refractivity contribution in [3.05, 3.63) is 46.8 Å². The topological polar surface area (TPSA) is 67.2 Å². The Morgan fingerprint density at radius 1 is 1.13 bits per heavy atom. The van der Waals surface area contributed by atoms with Gasteiger partial charge in [0.05, 0.1) is 6.20 Å². The summed E-state index contributed by atoms with van der Waals surface area (Å²) >= 11 is 12.4. The molecule has 1 atom stereocenters. The number of rotatable bonds is 4. The number of carbonyl (C=O) groups is 1. The van der Waals surface area contributed by atoms with Crippen LogP contribution in [0.4, 0.5) is 11.5 Å². The molecule has 0 bridgehead atoms. The van der Waals surface area contributed by atoms with Crippen molar-refractivity contribution >= 4 is 40.6 Å². The van der Waals surface area contributed by atoms with E-state index in [0.29, 0.717) is 33.9 Å². The van der Waals surface area contributed by atoms with Gasteiger partial charge in [0.25, 0.3) is 0 Å². The first-order valence-corrected chi connectivity index (χ1v) is 10.5. The van der Waals surface area contributed by atoms with Crippen LogP contribution in [0.25, 0.3) is 17.3 Å². The number of carbonyl (C=O) groups excluding carboxylic acids is 1. The maximum absolute atomic E-state index is 12.8. The Labute approximate surface area is 185 Å². The van der Waals surface area contributed by atoms with E-state index >= 15 is 0 Å². The Morgan fingerprint density at radius 3 is 2.47 bits per heavy atom. The number of benzene rings is 1. The maximum atomic E-state index is 12.8. The lowest BCUT2D eigenvalue weighted by molar-refractivity contribution is -0.120. The predicted molar refractivity (Wildman–Crippen MR) is 120 cm³/mol. The van der Waals surface area contributed by atoms with Crippen molar-refractivity contribution in [1.82, 2.24) is 19.5 Å². The molecule has 0 fully saturated rings. The molecule has 1 amide bonds. The van der Waals surface area contributed by atoms with Gasteiger partial charge in [-0.05, 0) is 38.5 Å². The van der Waals surface area contributed by atoms with Crippen LogP contribution >= 0.6 is 23.2 Å². The Balaban J connectivity index is 1.86. The second kappa shape index (κ2) is 7.89. The number of anilines is 2. The number of amides is 1. The van der Waals surface area contributed by atoms with E-state index in [0.717, 1.165) is 11.4 Å². The zero-order valence-electron chi connectivity index (χ0n) is 17.2. The monoisotopic (exact) mass is 444 g/mol. The van der Waals surface area contributed by atoms with Crippen molar-refractivity contribution in [2.45, 2.75) is 39.3 Å². The standard InChI is InChI=1S/C21H22Cl2N6O/c1-5-16-20(30)27(4)17-11-25-21(26-19(17)29(16)12(2)3)28-7-6-24-18(28)13-8-14(22)10-15(23)9-13/h6-12,16H,5H2,1-4H3/t16-/m1/s1. The number of nitrogens with zero attached hydrogens (tertiary/aromatic N) is 6. The highest BCUT2D eigenvalue weighted by Crippen LogP contribution is 2.36. The Bertz CT molecular complexity index is 1090. The number of aromatic nitrogens is 4. The summed E-state index contributed by atoms with van der Waals surface area (Å²) in [4.78, 5) is 30.4. The zero-order chi connectivity index (χ0) is 21.6. The Kier molecular flexibility index (Phi) is 5.42. The van der Waals surface area contributed by atoms with Crippen molar-refractivity contribution in [1.29, 1.82) is 0 Å². The molecule has 0 N–H and O–H groups in total. The molecule has 0 unspecified atom stereocenters. The predicted octanol–water partition coefficient (Wildman–Crippen LogP) is 4.61. The summed E-state index contributed by atoms with van der Waals surface area (Å²) < 4.78 is 1.79. The van der Waals surface area contributed by atoms with Crippen LogP contribution in [0.5, 0.6) is 0 Å². The minimum atomic E-state index is -0.265. The summed E-state index contributed by atoms with van der Waals surface area (Å²) in [5.74, 6) is 1.86. The Morgan fingerprint density at radius 2 is 1.83 bits per heavy atom. The number of imidazole rings is 1. The molecule has 3 aromatic rings. The van der Waals surface area contributed by atoms with Crippen LogP contribution in [0, 0.1) is 0 Å². The quantitative estimate of drug-likeness (QED) is 0.587. The van der Waals surface area contributed by atoms with E-state index in [9.17, 15) is 4.79 Å². The number of hydrogen-bond acceptors (Lipinski definition) is 5. The van der Waals surface area contributed by atoms with Gasteiger partial charge < -0.3 is 9.80 Å². The molecule has 4 rings (SSSR count). The van der Waals surface area contributed by atoms with E-state index in [2.05, 4.69) is 28.7 Å². The van der Waals surface area contributed by atoms with Gasteiger partial charge >= 0.3 is 0 Å². The van der Waals surface area contributed by atoms with Gasteiger partial charge in [0.1, 0.15) is 17.6 Å². The molecule has 156 valence electrons. The van der Waals surface area contributed by atoms with Crippen molar-refractivity contribution in [2.75, 3.05) is 16.8 Å². The molecule has 30 heavy (non-hydrogen) atoms. The summed E-state index contributed by atoms with van der Waals surface area (Å²) in [6.07, 6.45) is 5.85. The minimum absolute atomic E-state index is 0.0481. The van der Waals surface area contributed by atoms with Crippen LogP contribution < -0.4 is 9.80 Å². The van der Waals surface area contributed by atoms with Gasteiger partial charge in [0, 0.05) is 41.1 Å². The van der Waals surface area contributed by atoms with Crippen molar-refractivity contribution in [2.24, 2.45) is 0 Å². The second-order valence-corrected chi connectivity index (χ2v) is 8.35. The van der Waals surface area contributed by atoms with Crippen LogP contribution in [0.15, 0.2) is 36.8 Å². The molecule has 2 aromatic heterocycles. The number of fused-ring (bicyclic) bond motifs is 1. The lowest BCUT2D eigenvalue weighted by Gasteiger charge is -2.42. The van der Waals surface area contributed by atoms with E-state index in [-0.39, 0.29) is 18.0 Å². The average molecular weight is 445 g/mol. The summed E-state index contributed by atoms with van der Waals surface area (Å²) in [5, 5.41) is 1.05. The van der Waals surface area contributed by atoms with Crippen molar-refractivity contribution in [3.63, 3.8) is 0 Å². The molecule has 1 aliphatic heterocycles. The third-order valence-electron chi connectivity index (χ3n) is 5.21. The Hall–Kier alpha value is -2.64. The van der Waals surface area contributed by atoms with Crippen molar-refractivity contribution < 1.29 is 4.79 Å². The van der Waals surface area contributed by atoms with E-state index < -0.39 is 0 Å². The number of likely N-dealkylation sites (N-methyl/N-ethyl adjacent to an activating group) is 1. The lowest BCUT2D eigenvalue weighted by atomic mass is 10.1. The number of halogens is 2. The average Bonchev–Trinajstić information content (AvgIpc) is 3.19. The highest BCUT2D eigenvalue weighted by molar-refractivity contribution is 6.35. The molecule has 0 aliphatic carbocycles. The van der Waals surface area contributed by atoms with Gasteiger partial charge in [0.2, 0.25) is 11.9 Å². The van der Waals surface area contributed by atoms with Crippen LogP contribution in [-0.2, 0) is 4.79 Å². The van der Waals surface area contributed by atoms with Crippen LogP contribution in [0.3, 0.4) is 0 Å². The highest BCUT2D eigenvalue weighted by atomic mass is 35.5. The molecule has 7 nitrogen and oxygen atoms in total. The minimum Gasteiger partial charge on any atom is -0.340 e. The van der Waals surface area contributed by atoms with E-state index in [1.165, 1.54) is 0 Å². The number of hydrogen-bond donors (Lipinski definition) is 0. The maximum Gasteiger partial charge on any atom is 0.249 e. The second-order valence-electron chi connectivity index (χ2n) is 7.48. The van der Waals surface area contributed by atoms with Crippen LogP contribution in [0.2, 0.25) is 10.0 Å². The fraction of sp³-hybridized carbons (Fsp3) is 0.333. The van der Waals surface area contributed by atoms with Crippen LogP contribution in [0.1, 0.15) is 27.2 Å². The van der Waals surface area contributed by atoms with Crippen LogP contribution in [-0.4, -0.2) is 44.6 Å².